The molecule has 0 spiro atoms. The van der Waals surface area contributed by atoms with E-state index in [1.54, 1.807) is 12.4 Å². The number of nitrogens with zero attached hydrogens (tertiary/aromatic N) is 3. The molecule has 25 heavy (non-hydrogen) atoms. The summed E-state index contributed by atoms with van der Waals surface area (Å²) in [6, 6.07) is 5.97. The zero-order valence-corrected chi connectivity index (χ0v) is 15.9. The van der Waals surface area contributed by atoms with Gasteiger partial charge in [0.1, 0.15) is 4.60 Å². The van der Waals surface area contributed by atoms with E-state index in [1.807, 2.05) is 35.0 Å². The van der Waals surface area contributed by atoms with Gasteiger partial charge >= 0.3 is 0 Å². The van der Waals surface area contributed by atoms with Gasteiger partial charge in [0.05, 0.1) is 30.2 Å². The summed E-state index contributed by atoms with van der Waals surface area (Å²) >= 11 is 3.53. The molecule has 0 fully saturated rings. The summed E-state index contributed by atoms with van der Waals surface area (Å²) in [5.41, 5.74) is 3.78. The number of aliphatic hydroxyl groups is 1. The van der Waals surface area contributed by atoms with Gasteiger partial charge in [-0.1, -0.05) is 19.9 Å². The molecule has 0 aliphatic carbocycles. The van der Waals surface area contributed by atoms with Crippen molar-refractivity contribution in [3.63, 3.8) is 0 Å². The van der Waals surface area contributed by atoms with Crippen LogP contribution in [-0.4, -0.2) is 32.1 Å². The Morgan fingerprint density at radius 3 is 2.84 bits per heavy atom. The average molecular weight is 404 g/mol. The fourth-order valence-corrected chi connectivity index (χ4v) is 2.98. The third-order valence-electron chi connectivity index (χ3n) is 4.12. The van der Waals surface area contributed by atoms with Gasteiger partial charge < -0.3 is 15.7 Å². The van der Waals surface area contributed by atoms with E-state index in [1.165, 1.54) is 0 Å². The lowest BCUT2D eigenvalue weighted by Gasteiger charge is -2.22. The third kappa shape index (κ3) is 4.11. The average Bonchev–Trinajstić information content (AvgIpc) is 2.99. The smallest absolute Gasteiger partial charge is 0.161 e. The summed E-state index contributed by atoms with van der Waals surface area (Å²) in [5.74, 6) is 0.318. The van der Waals surface area contributed by atoms with Crippen LogP contribution in [0.25, 0.3) is 5.65 Å². The number of rotatable bonds is 7. The highest BCUT2D eigenvalue weighted by molar-refractivity contribution is 9.10. The summed E-state index contributed by atoms with van der Waals surface area (Å²) in [6.45, 7) is 4.91. The Morgan fingerprint density at radius 2 is 2.16 bits per heavy atom. The number of aromatic nitrogens is 3. The second-order valence-electron chi connectivity index (χ2n) is 6.31. The molecule has 6 nitrogen and oxygen atoms in total. The van der Waals surface area contributed by atoms with Gasteiger partial charge in [0.15, 0.2) is 5.65 Å². The number of aliphatic hydroxyl groups excluding tert-OH is 1. The molecule has 0 bridgehead atoms. The number of halogens is 1. The first-order chi connectivity index (χ1) is 12.1. The van der Waals surface area contributed by atoms with Crippen LogP contribution < -0.4 is 10.6 Å². The van der Waals surface area contributed by atoms with Crippen LogP contribution >= 0.6 is 15.9 Å². The monoisotopic (exact) mass is 403 g/mol. The Balaban J connectivity index is 1.90. The molecule has 0 aromatic carbocycles. The summed E-state index contributed by atoms with van der Waals surface area (Å²) in [7, 11) is 0. The summed E-state index contributed by atoms with van der Waals surface area (Å²) in [5, 5.41) is 16.4. The molecule has 0 aliphatic rings. The highest BCUT2D eigenvalue weighted by atomic mass is 79.9. The number of anilines is 2. The maximum absolute atomic E-state index is 9.59. The fraction of sp³-hybridized carbons (Fsp3) is 0.333. The molecule has 132 valence electrons. The Kier molecular flexibility index (Phi) is 5.55. The molecule has 0 unspecified atom stereocenters. The molecule has 7 heteroatoms. The molecule has 3 heterocycles. The minimum absolute atomic E-state index is 0.00841. The van der Waals surface area contributed by atoms with Crippen LogP contribution in [0.1, 0.15) is 19.4 Å². The highest BCUT2D eigenvalue weighted by Crippen LogP contribution is 2.26. The molecule has 0 aliphatic heterocycles. The first-order valence-electron chi connectivity index (χ1n) is 8.25. The largest absolute Gasteiger partial charge is 0.394 e. The lowest BCUT2D eigenvalue weighted by atomic mass is 10.1. The van der Waals surface area contributed by atoms with Crippen molar-refractivity contribution in [2.75, 3.05) is 17.2 Å². The van der Waals surface area contributed by atoms with Gasteiger partial charge in [0, 0.05) is 25.1 Å². The Morgan fingerprint density at radius 1 is 1.32 bits per heavy atom. The number of hydrogen-bond acceptors (Lipinski definition) is 5. The van der Waals surface area contributed by atoms with Gasteiger partial charge in [0.2, 0.25) is 0 Å². The molecule has 1 atom stereocenters. The summed E-state index contributed by atoms with van der Waals surface area (Å²) in [4.78, 5) is 8.61. The number of pyridine rings is 2. The van der Waals surface area contributed by atoms with E-state index in [4.69, 9.17) is 0 Å². The van der Waals surface area contributed by atoms with Crippen LogP contribution in [0.15, 0.2) is 47.6 Å². The molecule has 3 N–H and O–H groups in total. The van der Waals surface area contributed by atoms with Crippen LogP contribution in [0.5, 0.6) is 0 Å². The zero-order chi connectivity index (χ0) is 17.8. The SMILES string of the molecule is CC(C)[C@@H](CO)Nc1cc(NCc2cccnc2)c2ncc(Br)n2c1. The van der Waals surface area contributed by atoms with Crippen molar-refractivity contribution in [2.45, 2.75) is 26.4 Å². The number of hydrogen-bond donors (Lipinski definition) is 3. The fourth-order valence-electron chi connectivity index (χ4n) is 2.60. The molecular formula is C18H22BrN5O. The molecular weight excluding hydrogens is 382 g/mol. The van der Waals surface area contributed by atoms with Gasteiger partial charge in [-0.2, -0.15) is 0 Å². The van der Waals surface area contributed by atoms with E-state index in [-0.39, 0.29) is 12.6 Å². The van der Waals surface area contributed by atoms with Gasteiger partial charge in [-0.25, -0.2) is 4.98 Å². The third-order valence-corrected chi connectivity index (χ3v) is 4.71. The first-order valence-corrected chi connectivity index (χ1v) is 9.04. The van der Waals surface area contributed by atoms with Crippen molar-refractivity contribution in [1.29, 1.82) is 0 Å². The van der Waals surface area contributed by atoms with Crippen LogP contribution in [0, 0.1) is 5.92 Å². The molecule has 3 rings (SSSR count). The lowest BCUT2D eigenvalue weighted by molar-refractivity contribution is 0.249. The maximum atomic E-state index is 9.59. The highest BCUT2D eigenvalue weighted by Gasteiger charge is 2.14. The van der Waals surface area contributed by atoms with Crippen LogP contribution in [0.3, 0.4) is 0 Å². The summed E-state index contributed by atoms with van der Waals surface area (Å²) < 4.78 is 2.85. The standard InChI is InChI=1S/C18H22BrN5O/c1-12(2)16(11-25)23-14-6-15(18-22-9-17(19)24(18)10-14)21-8-13-4-3-5-20-7-13/h3-7,9-10,12,16,21,23,25H,8,11H2,1-2H3/t16-/m1/s1. The van der Waals surface area contributed by atoms with Crippen LogP contribution in [-0.2, 0) is 6.54 Å². The van der Waals surface area contributed by atoms with E-state index in [0.717, 1.165) is 27.2 Å². The van der Waals surface area contributed by atoms with Gasteiger partial charge in [-0.05, 0) is 39.5 Å². The van der Waals surface area contributed by atoms with E-state index in [9.17, 15) is 5.11 Å². The normalized spacial score (nSPS) is 12.5. The maximum Gasteiger partial charge on any atom is 0.161 e. The van der Waals surface area contributed by atoms with Crippen LogP contribution in [0.4, 0.5) is 11.4 Å². The molecule has 0 saturated carbocycles. The lowest BCUT2D eigenvalue weighted by Crippen LogP contribution is -2.29. The molecule has 0 radical (unpaired) electrons. The second-order valence-corrected chi connectivity index (χ2v) is 7.12. The predicted molar refractivity (Wildman–Crippen MR) is 104 cm³/mol. The minimum Gasteiger partial charge on any atom is -0.394 e. The van der Waals surface area contributed by atoms with Gasteiger partial charge in [-0.15, -0.1) is 0 Å². The van der Waals surface area contributed by atoms with Crippen molar-refractivity contribution in [2.24, 2.45) is 5.92 Å². The second kappa shape index (κ2) is 7.84. The molecule has 0 amide bonds. The molecule has 3 aromatic heterocycles. The van der Waals surface area contributed by atoms with Crippen LogP contribution in [0.2, 0.25) is 0 Å². The van der Waals surface area contributed by atoms with Crippen molar-refractivity contribution >= 4 is 33.0 Å². The zero-order valence-electron chi connectivity index (χ0n) is 14.3. The number of nitrogens with one attached hydrogen (secondary N) is 2. The Hall–Kier alpha value is -2.12. The topological polar surface area (TPSA) is 74.5 Å². The van der Waals surface area contributed by atoms with E-state index < -0.39 is 0 Å². The Labute approximate surface area is 155 Å². The quantitative estimate of drug-likeness (QED) is 0.562. The van der Waals surface area contributed by atoms with Crippen molar-refractivity contribution in [3.8, 4) is 0 Å². The van der Waals surface area contributed by atoms with E-state index in [0.29, 0.717) is 12.5 Å². The van der Waals surface area contributed by atoms with E-state index >= 15 is 0 Å². The van der Waals surface area contributed by atoms with Crippen molar-refractivity contribution in [3.05, 3.63) is 53.2 Å². The van der Waals surface area contributed by atoms with Gasteiger partial charge in [0.25, 0.3) is 0 Å². The molecule has 0 saturated heterocycles. The van der Waals surface area contributed by atoms with Gasteiger partial charge in [-0.3, -0.25) is 9.38 Å². The van der Waals surface area contributed by atoms with Crippen molar-refractivity contribution < 1.29 is 5.11 Å². The summed E-state index contributed by atoms with van der Waals surface area (Å²) in [6.07, 6.45) is 7.36. The number of fused-ring (bicyclic) bond motifs is 1. The Bertz CT molecular complexity index is 834. The van der Waals surface area contributed by atoms with E-state index in [2.05, 4.69) is 50.4 Å². The molecule has 3 aromatic rings. The van der Waals surface area contributed by atoms with Crippen molar-refractivity contribution in [1.82, 2.24) is 14.4 Å². The minimum atomic E-state index is -0.00841. The number of imidazole rings is 1. The first kappa shape index (κ1) is 17.7. The predicted octanol–water partition coefficient (Wildman–Crippen LogP) is 3.53.